The van der Waals surface area contributed by atoms with E-state index in [4.69, 9.17) is 4.43 Å². The van der Waals surface area contributed by atoms with Crippen molar-refractivity contribution in [3.63, 3.8) is 0 Å². The molecule has 0 aliphatic heterocycles. The van der Waals surface area contributed by atoms with Crippen molar-refractivity contribution in [2.24, 2.45) is 5.41 Å². The molecule has 0 amide bonds. The molecule has 0 saturated heterocycles. The Bertz CT molecular complexity index is 136. The lowest BCUT2D eigenvalue weighted by atomic mass is 9.88. The second kappa shape index (κ2) is 3.90. The molecule has 0 rings (SSSR count). The Kier molecular flexibility index (Phi) is 3.94. The van der Waals surface area contributed by atoms with Gasteiger partial charge in [-0.2, -0.15) is 0 Å². The molecule has 2 nitrogen and oxygen atoms in total. The van der Waals surface area contributed by atoms with Gasteiger partial charge in [-0.05, 0) is 25.4 Å². The summed E-state index contributed by atoms with van der Waals surface area (Å²) in [7, 11) is -1.14. The summed E-state index contributed by atoms with van der Waals surface area (Å²) in [6.45, 7) is 12.2. The standard InChI is InChI=1S/C9H22O2Si/c1-8(2,3)7-9(4,10)11-12(5)6/h10,12H,7H2,1-6H3. The van der Waals surface area contributed by atoms with Gasteiger partial charge in [-0.3, -0.25) is 0 Å². The molecule has 0 radical (unpaired) electrons. The zero-order chi connectivity index (χ0) is 9.99. The van der Waals surface area contributed by atoms with Crippen molar-refractivity contribution in [3.8, 4) is 0 Å². The topological polar surface area (TPSA) is 29.5 Å². The van der Waals surface area contributed by atoms with E-state index in [9.17, 15) is 5.11 Å². The van der Waals surface area contributed by atoms with Gasteiger partial charge in [-0.15, -0.1) is 0 Å². The largest absolute Gasteiger partial charge is 0.394 e. The highest BCUT2D eigenvalue weighted by Gasteiger charge is 2.28. The molecule has 1 N–H and O–H groups in total. The molecule has 0 aromatic rings. The van der Waals surface area contributed by atoms with E-state index >= 15 is 0 Å². The molecule has 0 fully saturated rings. The van der Waals surface area contributed by atoms with E-state index in [1.807, 2.05) is 0 Å². The van der Waals surface area contributed by atoms with Crippen LogP contribution >= 0.6 is 0 Å². The zero-order valence-electron chi connectivity index (χ0n) is 9.14. The number of hydrogen-bond donors (Lipinski definition) is 1. The summed E-state index contributed by atoms with van der Waals surface area (Å²) in [4.78, 5) is 0. The van der Waals surface area contributed by atoms with Gasteiger partial charge in [-0.25, -0.2) is 0 Å². The summed E-state index contributed by atoms with van der Waals surface area (Å²) in [6, 6.07) is 0. The van der Waals surface area contributed by atoms with Crippen LogP contribution in [0.1, 0.15) is 34.1 Å². The van der Waals surface area contributed by atoms with E-state index in [1.54, 1.807) is 6.92 Å². The highest BCUT2D eigenvalue weighted by Crippen LogP contribution is 2.28. The average molecular weight is 190 g/mol. The first-order valence-electron chi connectivity index (χ1n) is 4.53. The van der Waals surface area contributed by atoms with Crippen LogP contribution in [0.4, 0.5) is 0 Å². The number of aliphatic hydroxyl groups is 1. The van der Waals surface area contributed by atoms with Gasteiger partial charge in [0.25, 0.3) is 0 Å². The normalized spacial score (nSPS) is 18.0. The van der Waals surface area contributed by atoms with Crippen molar-refractivity contribution in [1.82, 2.24) is 0 Å². The third-order valence-electron chi connectivity index (χ3n) is 1.35. The molecular weight excluding hydrogens is 168 g/mol. The third kappa shape index (κ3) is 6.82. The highest BCUT2D eigenvalue weighted by atomic mass is 28.3. The quantitative estimate of drug-likeness (QED) is 0.546. The van der Waals surface area contributed by atoms with E-state index in [1.165, 1.54) is 0 Å². The van der Waals surface area contributed by atoms with Crippen molar-refractivity contribution < 1.29 is 9.53 Å². The molecule has 0 spiro atoms. The third-order valence-corrected chi connectivity index (χ3v) is 2.33. The molecule has 0 bridgehead atoms. The lowest BCUT2D eigenvalue weighted by molar-refractivity contribution is -0.146. The van der Waals surface area contributed by atoms with Crippen LogP contribution in [0.25, 0.3) is 0 Å². The maximum absolute atomic E-state index is 9.83. The summed E-state index contributed by atoms with van der Waals surface area (Å²) in [5.74, 6) is -0.932. The molecule has 3 heteroatoms. The van der Waals surface area contributed by atoms with Crippen LogP contribution in [-0.4, -0.2) is 19.9 Å². The summed E-state index contributed by atoms with van der Waals surface area (Å²) in [5.41, 5.74) is 0.118. The van der Waals surface area contributed by atoms with E-state index < -0.39 is 14.8 Å². The van der Waals surface area contributed by atoms with Crippen molar-refractivity contribution in [3.05, 3.63) is 0 Å². The molecule has 12 heavy (non-hydrogen) atoms. The lowest BCUT2D eigenvalue weighted by Gasteiger charge is -2.32. The summed E-state index contributed by atoms with van der Waals surface area (Å²) >= 11 is 0. The van der Waals surface area contributed by atoms with Gasteiger partial charge < -0.3 is 9.53 Å². The second-order valence-electron chi connectivity index (χ2n) is 5.08. The molecule has 0 aromatic carbocycles. The fourth-order valence-corrected chi connectivity index (χ4v) is 2.63. The van der Waals surface area contributed by atoms with Gasteiger partial charge in [0, 0.05) is 6.42 Å². The van der Waals surface area contributed by atoms with Gasteiger partial charge in [0.05, 0.1) is 0 Å². The van der Waals surface area contributed by atoms with Crippen molar-refractivity contribution in [2.75, 3.05) is 0 Å². The minimum absolute atomic E-state index is 0.118. The van der Waals surface area contributed by atoms with E-state index in [2.05, 4.69) is 33.9 Å². The zero-order valence-corrected chi connectivity index (χ0v) is 10.3. The van der Waals surface area contributed by atoms with Gasteiger partial charge in [0.2, 0.25) is 0 Å². The minimum atomic E-state index is -1.14. The van der Waals surface area contributed by atoms with Crippen LogP contribution in [-0.2, 0) is 4.43 Å². The van der Waals surface area contributed by atoms with Crippen LogP contribution in [0.2, 0.25) is 13.1 Å². The summed E-state index contributed by atoms with van der Waals surface area (Å²) in [6.07, 6.45) is 0.686. The van der Waals surface area contributed by atoms with Crippen LogP contribution in [0.3, 0.4) is 0 Å². The van der Waals surface area contributed by atoms with E-state index in [-0.39, 0.29) is 5.41 Å². The Morgan fingerprint density at radius 1 is 1.17 bits per heavy atom. The first-order valence-corrected chi connectivity index (χ1v) is 7.31. The number of rotatable bonds is 3. The van der Waals surface area contributed by atoms with Crippen molar-refractivity contribution in [1.29, 1.82) is 0 Å². The second-order valence-corrected chi connectivity index (χ2v) is 7.41. The molecule has 0 heterocycles. The fraction of sp³-hybridized carbons (Fsp3) is 1.00. The smallest absolute Gasteiger partial charge is 0.174 e. The van der Waals surface area contributed by atoms with Crippen LogP contribution < -0.4 is 0 Å². The SMILES string of the molecule is C[SiH](C)OC(C)(O)CC(C)(C)C. The van der Waals surface area contributed by atoms with Crippen molar-refractivity contribution in [2.45, 2.75) is 53.0 Å². The van der Waals surface area contributed by atoms with Gasteiger partial charge in [0.15, 0.2) is 14.8 Å². The highest BCUT2D eigenvalue weighted by molar-refractivity contribution is 6.48. The monoisotopic (exact) mass is 190 g/mol. The van der Waals surface area contributed by atoms with Gasteiger partial charge in [0.1, 0.15) is 0 Å². The predicted octanol–water partition coefficient (Wildman–Crippen LogP) is 2.13. The Morgan fingerprint density at radius 3 is 1.83 bits per heavy atom. The molecule has 1 atom stereocenters. The Morgan fingerprint density at radius 2 is 1.58 bits per heavy atom. The molecule has 1 unspecified atom stereocenters. The lowest BCUT2D eigenvalue weighted by Crippen LogP contribution is -2.37. The average Bonchev–Trinajstić information content (AvgIpc) is 1.48. The predicted molar refractivity (Wildman–Crippen MR) is 54.7 cm³/mol. The molecule has 0 aliphatic rings. The molecular formula is C9H22O2Si. The molecule has 0 aliphatic carbocycles. The van der Waals surface area contributed by atoms with Crippen LogP contribution in [0, 0.1) is 5.41 Å². The Hall–Kier alpha value is 0.137. The van der Waals surface area contributed by atoms with E-state index in [0.717, 1.165) is 0 Å². The molecule has 0 aromatic heterocycles. The van der Waals surface area contributed by atoms with Gasteiger partial charge in [-0.1, -0.05) is 20.8 Å². The van der Waals surface area contributed by atoms with Crippen LogP contribution in [0.15, 0.2) is 0 Å². The minimum Gasteiger partial charge on any atom is -0.394 e. The van der Waals surface area contributed by atoms with Gasteiger partial charge >= 0.3 is 0 Å². The summed E-state index contributed by atoms with van der Waals surface area (Å²) < 4.78 is 5.51. The molecule has 74 valence electrons. The maximum Gasteiger partial charge on any atom is 0.174 e. The Balaban J connectivity index is 4.04. The fourth-order valence-electron chi connectivity index (χ4n) is 1.53. The van der Waals surface area contributed by atoms with Crippen molar-refractivity contribution >= 4 is 9.04 Å². The molecule has 0 saturated carbocycles. The first-order chi connectivity index (χ1) is 5.12. The number of hydrogen-bond acceptors (Lipinski definition) is 2. The van der Waals surface area contributed by atoms with Crippen LogP contribution in [0.5, 0.6) is 0 Å². The summed E-state index contributed by atoms with van der Waals surface area (Å²) in [5, 5.41) is 9.83. The maximum atomic E-state index is 9.83. The first kappa shape index (κ1) is 12.1. The Labute approximate surface area is 77.7 Å². The van der Waals surface area contributed by atoms with E-state index in [0.29, 0.717) is 6.42 Å².